The topological polar surface area (TPSA) is 75.4 Å². The Morgan fingerprint density at radius 2 is 1.79 bits per heavy atom. The Hall–Kier alpha value is -3.41. The van der Waals surface area contributed by atoms with Gasteiger partial charge in [0.15, 0.2) is 11.7 Å². The molecule has 0 aliphatic rings. The van der Waals surface area contributed by atoms with Gasteiger partial charge in [0.1, 0.15) is 0 Å². The van der Waals surface area contributed by atoms with Gasteiger partial charge in [-0.05, 0) is 18.1 Å². The average molecular weight is 391 g/mol. The second kappa shape index (κ2) is 9.68. The van der Waals surface area contributed by atoms with Crippen molar-refractivity contribution in [2.24, 2.45) is 0 Å². The molecule has 2 amide bonds. The van der Waals surface area contributed by atoms with Crippen LogP contribution in [0.2, 0.25) is 0 Å². The lowest BCUT2D eigenvalue weighted by Crippen LogP contribution is -2.24. The number of nitrogens with one attached hydrogen (secondary N) is 1. The third-order valence-corrected chi connectivity index (χ3v) is 4.64. The van der Waals surface area contributed by atoms with Crippen LogP contribution >= 0.6 is 0 Å². The molecule has 0 unspecified atom stereocenters. The summed E-state index contributed by atoms with van der Waals surface area (Å²) in [4.78, 5) is 29.7. The van der Waals surface area contributed by atoms with E-state index in [0.717, 1.165) is 22.6 Å². The van der Waals surface area contributed by atoms with Crippen molar-refractivity contribution in [3.05, 3.63) is 72.2 Å². The normalized spacial score (nSPS) is 10.6. The molecule has 6 heteroatoms. The number of benzene rings is 2. The Morgan fingerprint density at radius 3 is 2.55 bits per heavy atom. The molecule has 0 spiro atoms. The molecule has 0 saturated heterocycles. The number of carbonyl (C=O) groups is 2. The highest BCUT2D eigenvalue weighted by molar-refractivity contribution is 5.91. The number of aromatic nitrogens is 1. The van der Waals surface area contributed by atoms with E-state index in [-0.39, 0.29) is 11.8 Å². The molecule has 0 saturated carbocycles. The molecule has 0 atom stereocenters. The lowest BCUT2D eigenvalue weighted by Gasteiger charge is -2.17. The maximum Gasteiger partial charge on any atom is 0.224 e. The van der Waals surface area contributed by atoms with Crippen LogP contribution in [0.3, 0.4) is 0 Å². The zero-order chi connectivity index (χ0) is 20.6. The fourth-order valence-corrected chi connectivity index (χ4v) is 2.92. The third kappa shape index (κ3) is 5.78. The number of hydrogen-bond acceptors (Lipinski definition) is 4. The molecule has 150 valence electrons. The van der Waals surface area contributed by atoms with E-state index in [1.165, 1.54) is 6.92 Å². The van der Waals surface area contributed by atoms with Gasteiger partial charge in [-0.25, -0.2) is 4.98 Å². The van der Waals surface area contributed by atoms with Gasteiger partial charge in [0.25, 0.3) is 0 Å². The van der Waals surface area contributed by atoms with Crippen LogP contribution in [-0.2, 0) is 22.6 Å². The van der Waals surface area contributed by atoms with Crippen LogP contribution in [0.15, 0.2) is 65.2 Å². The van der Waals surface area contributed by atoms with E-state index in [1.54, 1.807) is 18.1 Å². The number of para-hydroxylation sites is 1. The van der Waals surface area contributed by atoms with Crippen LogP contribution in [0.1, 0.15) is 31.2 Å². The molecule has 1 N–H and O–H groups in total. The Morgan fingerprint density at radius 1 is 1.07 bits per heavy atom. The van der Waals surface area contributed by atoms with E-state index >= 15 is 0 Å². The smallest absolute Gasteiger partial charge is 0.224 e. The highest BCUT2D eigenvalue weighted by atomic mass is 16.4. The summed E-state index contributed by atoms with van der Waals surface area (Å²) in [6.45, 7) is 1.97. The average Bonchev–Trinajstić information content (AvgIpc) is 3.19. The van der Waals surface area contributed by atoms with Gasteiger partial charge in [-0.1, -0.05) is 48.5 Å². The molecular weight excluding hydrogens is 366 g/mol. The molecule has 3 rings (SSSR count). The summed E-state index contributed by atoms with van der Waals surface area (Å²) in [7, 11) is 1.74. The first-order valence-electron chi connectivity index (χ1n) is 9.62. The molecule has 0 bridgehead atoms. The summed E-state index contributed by atoms with van der Waals surface area (Å²) in [5.41, 5.74) is 2.61. The van der Waals surface area contributed by atoms with Gasteiger partial charge in [-0.2, -0.15) is 0 Å². The van der Waals surface area contributed by atoms with Crippen molar-refractivity contribution in [1.29, 1.82) is 0 Å². The van der Waals surface area contributed by atoms with Crippen LogP contribution in [0.4, 0.5) is 5.69 Å². The van der Waals surface area contributed by atoms with Crippen molar-refractivity contribution in [1.82, 2.24) is 9.88 Å². The number of rotatable bonds is 8. The summed E-state index contributed by atoms with van der Waals surface area (Å²) in [5, 5.41) is 2.94. The maximum absolute atomic E-state index is 12.4. The highest BCUT2D eigenvalue weighted by Crippen LogP contribution is 2.21. The zero-order valence-electron chi connectivity index (χ0n) is 16.7. The summed E-state index contributed by atoms with van der Waals surface area (Å²) in [6, 6.07) is 17.3. The van der Waals surface area contributed by atoms with Crippen molar-refractivity contribution in [2.45, 2.75) is 32.7 Å². The van der Waals surface area contributed by atoms with Crippen molar-refractivity contribution < 1.29 is 14.0 Å². The number of oxazole rings is 1. The molecule has 0 fully saturated rings. The van der Waals surface area contributed by atoms with Crippen LogP contribution in [0, 0.1) is 0 Å². The van der Waals surface area contributed by atoms with Crippen molar-refractivity contribution in [2.75, 3.05) is 12.4 Å². The zero-order valence-corrected chi connectivity index (χ0v) is 16.7. The minimum Gasteiger partial charge on any atom is -0.441 e. The van der Waals surface area contributed by atoms with Crippen LogP contribution in [0.25, 0.3) is 11.3 Å². The van der Waals surface area contributed by atoms with Gasteiger partial charge in [-0.3, -0.25) is 9.59 Å². The second-order valence-corrected chi connectivity index (χ2v) is 6.92. The first-order valence-corrected chi connectivity index (χ1v) is 9.62. The predicted octanol–water partition coefficient (Wildman–Crippen LogP) is 4.28. The van der Waals surface area contributed by atoms with Gasteiger partial charge in [0, 0.05) is 44.6 Å². The second-order valence-electron chi connectivity index (χ2n) is 6.92. The Bertz CT molecular complexity index is 966. The Balaban J connectivity index is 1.51. The van der Waals surface area contributed by atoms with E-state index in [0.29, 0.717) is 31.7 Å². The molecule has 1 aromatic heterocycles. The van der Waals surface area contributed by atoms with Gasteiger partial charge < -0.3 is 14.6 Å². The molecule has 3 aromatic rings. The van der Waals surface area contributed by atoms with Crippen molar-refractivity contribution >= 4 is 17.5 Å². The van der Waals surface area contributed by atoms with E-state index in [2.05, 4.69) is 10.3 Å². The summed E-state index contributed by atoms with van der Waals surface area (Å²) < 4.78 is 5.77. The SMILES string of the molecule is CC(=O)N(C)Cc1ccccc1NC(=O)CCCc1ncc(-c2ccccc2)o1. The molecule has 6 nitrogen and oxygen atoms in total. The van der Waals surface area contributed by atoms with Crippen LogP contribution in [-0.4, -0.2) is 28.7 Å². The van der Waals surface area contributed by atoms with Gasteiger partial charge >= 0.3 is 0 Å². The van der Waals surface area contributed by atoms with Crippen LogP contribution in [0.5, 0.6) is 0 Å². The van der Waals surface area contributed by atoms with Gasteiger partial charge in [0.2, 0.25) is 11.8 Å². The number of aryl methyl sites for hydroxylation is 1. The molecule has 0 aliphatic heterocycles. The molecule has 1 heterocycles. The van der Waals surface area contributed by atoms with Crippen molar-refractivity contribution in [3.8, 4) is 11.3 Å². The third-order valence-electron chi connectivity index (χ3n) is 4.64. The summed E-state index contributed by atoms with van der Waals surface area (Å²) >= 11 is 0. The van der Waals surface area contributed by atoms with E-state index in [9.17, 15) is 9.59 Å². The maximum atomic E-state index is 12.4. The van der Waals surface area contributed by atoms with E-state index in [4.69, 9.17) is 4.42 Å². The lowest BCUT2D eigenvalue weighted by atomic mass is 10.1. The standard InChI is InChI=1S/C23H25N3O3/c1-17(27)26(2)16-19-11-6-7-12-20(19)25-22(28)13-8-14-23-24-15-21(29-23)18-9-4-3-5-10-18/h3-7,9-12,15H,8,13-14,16H2,1-2H3,(H,25,28). The molecule has 29 heavy (non-hydrogen) atoms. The Labute approximate surface area is 170 Å². The fraction of sp³-hybridized carbons (Fsp3) is 0.261. The lowest BCUT2D eigenvalue weighted by molar-refractivity contribution is -0.128. The number of nitrogens with zero attached hydrogens (tertiary/aromatic N) is 2. The fourth-order valence-electron chi connectivity index (χ4n) is 2.92. The first-order chi connectivity index (χ1) is 14.0. The number of carbonyl (C=O) groups excluding carboxylic acids is 2. The van der Waals surface area contributed by atoms with Crippen molar-refractivity contribution in [3.63, 3.8) is 0 Å². The number of amides is 2. The molecular formula is C23H25N3O3. The number of anilines is 1. The highest BCUT2D eigenvalue weighted by Gasteiger charge is 2.11. The predicted molar refractivity (Wildman–Crippen MR) is 112 cm³/mol. The minimum atomic E-state index is -0.0715. The summed E-state index contributed by atoms with van der Waals surface area (Å²) in [5.74, 6) is 1.26. The van der Waals surface area contributed by atoms with E-state index in [1.807, 2.05) is 54.6 Å². The van der Waals surface area contributed by atoms with Gasteiger partial charge in [-0.15, -0.1) is 0 Å². The van der Waals surface area contributed by atoms with E-state index < -0.39 is 0 Å². The van der Waals surface area contributed by atoms with Crippen LogP contribution < -0.4 is 5.32 Å². The minimum absolute atomic E-state index is 0.0213. The summed E-state index contributed by atoms with van der Waals surface area (Å²) in [6.07, 6.45) is 3.30. The molecule has 0 radical (unpaired) electrons. The Kier molecular flexibility index (Phi) is 6.79. The van der Waals surface area contributed by atoms with Gasteiger partial charge in [0.05, 0.1) is 6.20 Å². The largest absolute Gasteiger partial charge is 0.441 e. The molecule has 0 aliphatic carbocycles. The molecule has 2 aromatic carbocycles. The quantitative estimate of drug-likeness (QED) is 0.622. The monoisotopic (exact) mass is 391 g/mol. The first kappa shape index (κ1) is 20.3. The number of hydrogen-bond donors (Lipinski definition) is 1.